The number of hydrogen-bond acceptors (Lipinski definition) is 5. The molecule has 1 aliphatic rings. The van der Waals surface area contributed by atoms with Crippen molar-refractivity contribution in [2.45, 2.75) is 51.0 Å². The third kappa shape index (κ3) is 4.69. The van der Waals surface area contributed by atoms with Crippen LogP contribution in [0, 0.1) is 12.8 Å². The van der Waals surface area contributed by atoms with Crippen molar-refractivity contribution in [3.05, 3.63) is 46.5 Å². The Bertz CT molecular complexity index is 723. The van der Waals surface area contributed by atoms with E-state index in [1.54, 1.807) is 0 Å². The molecule has 0 saturated heterocycles. The van der Waals surface area contributed by atoms with Gasteiger partial charge in [-0.1, -0.05) is 66.8 Å². The number of aryl methyl sites for hydroxylation is 1. The standard InChI is InChI=1S/C20H26N2O3S/c1-13-6-8-15(9-7-13)16(10-14-4-2-3-5-14)19(25)22-20-21-11-18(26-20)17(24)12-23/h6-9,11,14,16-17,23-24H,2-5,10,12H2,1H3,(H,21,22,25). The summed E-state index contributed by atoms with van der Waals surface area (Å²) in [4.78, 5) is 17.7. The molecule has 1 saturated carbocycles. The SMILES string of the molecule is Cc1ccc(C(CC2CCCC2)C(=O)Nc2ncc(C(O)CO)s2)cc1. The molecular weight excluding hydrogens is 348 g/mol. The van der Waals surface area contributed by atoms with Gasteiger partial charge < -0.3 is 15.5 Å². The molecule has 2 unspecified atom stereocenters. The molecule has 3 rings (SSSR count). The van der Waals surface area contributed by atoms with Gasteiger partial charge in [-0.3, -0.25) is 4.79 Å². The van der Waals surface area contributed by atoms with Crippen molar-refractivity contribution < 1.29 is 15.0 Å². The fourth-order valence-corrected chi connectivity index (χ4v) is 4.35. The third-order valence-electron chi connectivity index (χ3n) is 5.10. The minimum absolute atomic E-state index is 0.0554. The number of amides is 1. The first-order valence-electron chi connectivity index (χ1n) is 9.19. The van der Waals surface area contributed by atoms with Gasteiger partial charge in [0.05, 0.1) is 17.4 Å². The van der Waals surface area contributed by atoms with E-state index in [2.05, 4.69) is 10.3 Å². The summed E-state index contributed by atoms with van der Waals surface area (Å²) in [6, 6.07) is 8.17. The lowest BCUT2D eigenvalue weighted by atomic mass is 9.87. The van der Waals surface area contributed by atoms with Crippen LogP contribution in [0.15, 0.2) is 30.5 Å². The van der Waals surface area contributed by atoms with Gasteiger partial charge in [0.1, 0.15) is 6.10 Å². The summed E-state index contributed by atoms with van der Waals surface area (Å²) in [6.07, 6.45) is 6.29. The number of nitrogens with one attached hydrogen (secondary N) is 1. The molecule has 1 heterocycles. The number of hydrogen-bond donors (Lipinski definition) is 3. The first-order chi connectivity index (χ1) is 12.6. The fourth-order valence-electron chi connectivity index (χ4n) is 3.55. The predicted octanol–water partition coefficient (Wildman–Crippen LogP) is 3.78. The van der Waals surface area contributed by atoms with Crippen LogP contribution in [0.3, 0.4) is 0 Å². The lowest BCUT2D eigenvalue weighted by molar-refractivity contribution is -0.118. The average Bonchev–Trinajstić information content (AvgIpc) is 3.31. The first-order valence-corrected chi connectivity index (χ1v) is 10.0. The topological polar surface area (TPSA) is 82.5 Å². The molecule has 3 N–H and O–H groups in total. The number of carbonyl (C=O) groups is 1. The molecule has 140 valence electrons. The monoisotopic (exact) mass is 374 g/mol. The van der Waals surface area contributed by atoms with Gasteiger partial charge in [-0.05, 0) is 24.8 Å². The summed E-state index contributed by atoms with van der Waals surface area (Å²) in [6.45, 7) is 1.68. The van der Waals surface area contributed by atoms with Crippen LogP contribution in [0.2, 0.25) is 0 Å². The van der Waals surface area contributed by atoms with Crippen LogP contribution >= 0.6 is 11.3 Å². The van der Waals surface area contributed by atoms with Gasteiger partial charge >= 0.3 is 0 Å². The van der Waals surface area contributed by atoms with Crippen molar-refractivity contribution in [1.29, 1.82) is 0 Å². The molecule has 2 atom stereocenters. The fraction of sp³-hybridized carbons (Fsp3) is 0.500. The zero-order valence-electron chi connectivity index (χ0n) is 15.0. The Hall–Kier alpha value is -1.76. The zero-order valence-corrected chi connectivity index (χ0v) is 15.8. The molecule has 1 aromatic heterocycles. The molecule has 26 heavy (non-hydrogen) atoms. The van der Waals surface area contributed by atoms with Crippen LogP contribution in [0.25, 0.3) is 0 Å². The van der Waals surface area contributed by atoms with E-state index in [1.165, 1.54) is 48.8 Å². The van der Waals surface area contributed by atoms with Gasteiger partial charge in [-0.25, -0.2) is 4.98 Å². The van der Waals surface area contributed by atoms with E-state index >= 15 is 0 Å². The number of nitrogens with zero attached hydrogens (tertiary/aromatic N) is 1. The number of aliphatic hydroxyl groups is 2. The Morgan fingerprint density at radius 3 is 2.65 bits per heavy atom. The largest absolute Gasteiger partial charge is 0.393 e. The van der Waals surface area contributed by atoms with E-state index in [-0.39, 0.29) is 18.4 Å². The number of thiazole rings is 1. The number of benzene rings is 1. The van der Waals surface area contributed by atoms with E-state index in [0.29, 0.717) is 15.9 Å². The highest BCUT2D eigenvalue weighted by Crippen LogP contribution is 2.35. The van der Waals surface area contributed by atoms with Crippen LogP contribution in [-0.4, -0.2) is 27.7 Å². The van der Waals surface area contributed by atoms with Gasteiger partial charge in [-0.15, -0.1) is 0 Å². The summed E-state index contributed by atoms with van der Waals surface area (Å²) in [5.74, 6) is 0.337. The molecule has 2 aromatic rings. The second-order valence-corrected chi connectivity index (χ2v) is 8.17. The maximum Gasteiger partial charge on any atom is 0.233 e. The molecule has 0 bridgehead atoms. The van der Waals surface area contributed by atoms with Crippen LogP contribution < -0.4 is 5.32 Å². The van der Waals surface area contributed by atoms with Gasteiger partial charge in [0.2, 0.25) is 5.91 Å². The molecule has 0 radical (unpaired) electrons. The summed E-state index contributed by atoms with van der Waals surface area (Å²) in [7, 11) is 0. The highest BCUT2D eigenvalue weighted by atomic mass is 32.1. The normalized spacial score (nSPS) is 17.2. The predicted molar refractivity (Wildman–Crippen MR) is 103 cm³/mol. The molecule has 1 aromatic carbocycles. The summed E-state index contributed by atoms with van der Waals surface area (Å²) < 4.78 is 0. The van der Waals surface area contributed by atoms with Crippen molar-refractivity contribution in [3.63, 3.8) is 0 Å². The lowest BCUT2D eigenvalue weighted by Crippen LogP contribution is -2.23. The first kappa shape index (κ1) is 19.0. The molecule has 1 aliphatic carbocycles. The number of aromatic nitrogens is 1. The third-order valence-corrected chi connectivity index (χ3v) is 6.11. The highest BCUT2D eigenvalue weighted by molar-refractivity contribution is 7.15. The number of carbonyl (C=O) groups excluding carboxylic acids is 1. The van der Waals surface area contributed by atoms with Gasteiger partial charge in [-0.2, -0.15) is 0 Å². The van der Waals surface area contributed by atoms with E-state index in [1.807, 2.05) is 31.2 Å². The quantitative estimate of drug-likeness (QED) is 0.689. The number of aliphatic hydroxyl groups excluding tert-OH is 2. The second kappa shape index (κ2) is 8.75. The maximum absolute atomic E-state index is 13.0. The number of anilines is 1. The maximum atomic E-state index is 13.0. The molecule has 1 amide bonds. The zero-order chi connectivity index (χ0) is 18.5. The van der Waals surface area contributed by atoms with Crippen molar-refractivity contribution in [1.82, 2.24) is 4.98 Å². The van der Waals surface area contributed by atoms with Gasteiger partial charge in [0.15, 0.2) is 5.13 Å². The van der Waals surface area contributed by atoms with Crippen LogP contribution in [0.1, 0.15) is 60.1 Å². The smallest absolute Gasteiger partial charge is 0.233 e. The number of rotatable bonds is 7. The molecule has 0 aliphatic heterocycles. The lowest BCUT2D eigenvalue weighted by Gasteiger charge is -2.20. The van der Waals surface area contributed by atoms with Crippen molar-refractivity contribution in [2.24, 2.45) is 5.92 Å². The van der Waals surface area contributed by atoms with Crippen molar-refractivity contribution in [3.8, 4) is 0 Å². The van der Waals surface area contributed by atoms with E-state index in [0.717, 1.165) is 12.0 Å². The Kier molecular flexibility index (Phi) is 6.40. The van der Waals surface area contributed by atoms with E-state index < -0.39 is 6.10 Å². The average molecular weight is 375 g/mol. The van der Waals surface area contributed by atoms with E-state index in [4.69, 9.17) is 5.11 Å². The van der Waals surface area contributed by atoms with Gasteiger partial charge in [0, 0.05) is 6.20 Å². The second-order valence-electron chi connectivity index (χ2n) is 7.10. The summed E-state index contributed by atoms with van der Waals surface area (Å²) >= 11 is 1.20. The summed E-state index contributed by atoms with van der Waals surface area (Å²) in [5.41, 5.74) is 2.21. The van der Waals surface area contributed by atoms with Gasteiger partial charge in [0.25, 0.3) is 0 Å². The molecule has 0 spiro atoms. The highest BCUT2D eigenvalue weighted by Gasteiger charge is 2.27. The Morgan fingerprint density at radius 2 is 2.00 bits per heavy atom. The Labute approximate surface area is 158 Å². The summed E-state index contributed by atoms with van der Waals surface area (Å²) in [5, 5.41) is 22.1. The molecule has 6 heteroatoms. The Morgan fingerprint density at radius 1 is 1.31 bits per heavy atom. The molecule has 1 fully saturated rings. The Balaban J connectivity index is 1.75. The van der Waals surface area contributed by atoms with Crippen molar-refractivity contribution >= 4 is 22.4 Å². The molecular formula is C20H26N2O3S. The van der Waals surface area contributed by atoms with Crippen LogP contribution in [0.5, 0.6) is 0 Å². The van der Waals surface area contributed by atoms with Crippen LogP contribution in [-0.2, 0) is 4.79 Å². The van der Waals surface area contributed by atoms with Crippen molar-refractivity contribution in [2.75, 3.05) is 11.9 Å². The van der Waals surface area contributed by atoms with E-state index in [9.17, 15) is 9.90 Å². The molecule has 5 nitrogen and oxygen atoms in total. The van der Waals surface area contributed by atoms with Crippen LogP contribution in [0.4, 0.5) is 5.13 Å². The minimum atomic E-state index is -0.954. The minimum Gasteiger partial charge on any atom is -0.393 e.